The first-order valence-corrected chi connectivity index (χ1v) is 17.2. The summed E-state index contributed by atoms with van der Waals surface area (Å²) in [6.45, 7) is 6.57. The van der Waals surface area contributed by atoms with E-state index >= 15 is 0 Å². The number of phenolic OH excluding ortho intramolecular Hbond substituents is 1. The summed E-state index contributed by atoms with van der Waals surface area (Å²) < 4.78 is 13.8. The molecule has 1 saturated carbocycles. The molecule has 226 valence electrons. The maximum atomic E-state index is 10.2. The Labute approximate surface area is 260 Å². The van der Waals surface area contributed by atoms with Crippen LogP contribution in [-0.2, 0) is 6.42 Å². The van der Waals surface area contributed by atoms with Gasteiger partial charge in [0.25, 0.3) is 0 Å². The average molecular weight is 597 g/mol. The highest BCUT2D eigenvalue weighted by atomic mass is 32.1. The van der Waals surface area contributed by atoms with Gasteiger partial charge >= 0.3 is 0 Å². The normalized spacial score (nSPS) is 21.5. The number of ether oxygens (including phenoxy) is 2. The van der Waals surface area contributed by atoms with Gasteiger partial charge in [0.1, 0.15) is 30.0 Å². The first-order valence-electron chi connectivity index (χ1n) is 16.4. The van der Waals surface area contributed by atoms with Crippen LogP contribution in [0.1, 0.15) is 62.5 Å². The van der Waals surface area contributed by atoms with Gasteiger partial charge in [-0.05, 0) is 154 Å². The summed E-state index contributed by atoms with van der Waals surface area (Å²) >= 11 is 1.75. The Kier molecular flexibility index (Phi) is 8.87. The molecule has 0 amide bonds. The second-order valence-corrected chi connectivity index (χ2v) is 13.6. The Morgan fingerprint density at radius 1 is 0.767 bits per heavy atom. The van der Waals surface area contributed by atoms with Crippen molar-refractivity contribution in [2.45, 2.75) is 69.9 Å². The molecule has 6 heteroatoms. The van der Waals surface area contributed by atoms with Crippen molar-refractivity contribution in [2.24, 2.45) is 0 Å². The Morgan fingerprint density at radius 3 is 2.28 bits per heavy atom. The number of rotatable bonds is 10. The minimum atomic E-state index is 0.296. The lowest BCUT2D eigenvalue weighted by atomic mass is 9.91. The molecule has 7 rings (SSSR count). The average Bonchev–Trinajstić information content (AvgIpc) is 3.82. The molecule has 43 heavy (non-hydrogen) atoms. The van der Waals surface area contributed by atoms with Crippen LogP contribution in [0, 0.1) is 0 Å². The summed E-state index contributed by atoms with van der Waals surface area (Å²) in [5, 5.41) is 11.4. The standard InChI is InChI=1S/C37H44N2O3S/c40-29-13-18-32-33(25-27-9-14-31(15-10-27)42-35-8-2-1-7-34(35)39-21-5-6-22-39)37(43-36(32)26-29)28-11-16-30(17-12-28)41-24-23-38-19-3-4-20-38/h9-18,26,34-35,40H,1-8,19-25H2. The number of phenols is 1. The molecular weight excluding hydrogens is 552 g/mol. The summed E-state index contributed by atoms with van der Waals surface area (Å²) in [6, 6.07) is 23.7. The molecule has 2 atom stereocenters. The fraction of sp³-hybridized carbons (Fsp3) is 0.459. The second-order valence-electron chi connectivity index (χ2n) is 12.6. The Hall–Kier alpha value is -3.06. The van der Waals surface area contributed by atoms with E-state index in [4.69, 9.17) is 9.47 Å². The first-order chi connectivity index (χ1) is 21.2. The summed E-state index contributed by atoms with van der Waals surface area (Å²) in [4.78, 5) is 6.40. The number of benzene rings is 3. The van der Waals surface area contributed by atoms with Crippen molar-refractivity contribution in [3.8, 4) is 27.7 Å². The van der Waals surface area contributed by atoms with Crippen LogP contribution in [0.4, 0.5) is 0 Å². The summed E-state index contributed by atoms with van der Waals surface area (Å²) in [7, 11) is 0. The summed E-state index contributed by atoms with van der Waals surface area (Å²) in [5.74, 6) is 2.22. The monoisotopic (exact) mass is 596 g/mol. The largest absolute Gasteiger partial charge is 0.508 e. The zero-order chi connectivity index (χ0) is 29.0. The van der Waals surface area contributed by atoms with E-state index < -0.39 is 0 Å². The van der Waals surface area contributed by atoms with E-state index in [0.29, 0.717) is 17.9 Å². The highest BCUT2D eigenvalue weighted by Gasteiger charge is 2.33. The molecule has 2 unspecified atom stereocenters. The number of fused-ring (bicyclic) bond motifs is 1. The van der Waals surface area contributed by atoms with E-state index in [0.717, 1.165) is 42.2 Å². The number of aromatic hydroxyl groups is 1. The molecule has 1 aromatic heterocycles. The fourth-order valence-electron chi connectivity index (χ4n) is 7.32. The van der Waals surface area contributed by atoms with Crippen LogP contribution in [0.2, 0.25) is 0 Å². The summed E-state index contributed by atoms with van der Waals surface area (Å²) in [5.41, 5.74) is 3.76. The van der Waals surface area contributed by atoms with Crippen molar-refractivity contribution in [1.29, 1.82) is 0 Å². The van der Waals surface area contributed by atoms with Gasteiger partial charge < -0.3 is 14.6 Å². The third-order valence-corrected chi connectivity index (χ3v) is 10.9. The van der Waals surface area contributed by atoms with Crippen LogP contribution in [-0.4, -0.2) is 66.4 Å². The van der Waals surface area contributed by atoms with Crippen LogP contribution >= 0.6 is 11.3 Å². The number of thiophene rings is 1. The smallest absolute Gasteiger partial charge is 0.119 e. The van der Waals surface area contributed by atoms with Crippen molar-refractivity contribution >= 4 is 21.4 Å². The lowest BCUT2D eigenvalue weighted by Crippen LogP contribution is -2.46. The van der Waals surface area contributed by atoms with Crippen molar-refractivity contribution < 1.29 is 14.6 Å². The number of nitrogens with zero attached hydrogens (tertiary/aromatic N) is 2. The predicted octanol–water partition coefficient (Wildman–Crippen LogP) is 8.13. The van der Waals surface area contributed by atoms with Crippen molar-refractivity contribution in [3.63, 3.8) is 0 Å². The van der Waals surface area contributed by atoms with Gasteiger partial charge in [-0.1, -0.05) is 18.6 Å². The van der Waals surface area contributed by atoms with E-state index in [1.807, 2.05) is 6.07 Å². The SMILES string of the molecule is Oc1ccc2c(Cc3ccc(OC4CCCCC4N4CCCC4)cc3)c(-c3ccc(OCCN4CCCC4)cc3)sc2c1. The van der Waals surface area contributed by atoms with Crippen molar-refractivity contribution in [1.82, 2.24) is 9.80 Å². The molecule has 4 aromatic rings. The minimum Gasteiger partial charge on any atom is -0.508 e. The molecular formula is C37H44N2O3S. The molecule has 0 bridgehead atoms. The van der Waals surface area contributed by atoms with Gasteiger partial charge in [0.2, 0.25) is 0 Å². The maximum Gasteiger partial charge on any atom is 0.119 e. The van der Waals surface area contributed by atoms with Crippen LogP contribution in [0.15, 0.2) is 66.7 Å². The molecule has 1 N–H and O–H groups in total. The van der Waals surface area contributed by atoms with Gasteiger partial charge in [-0.3, -0.25) is 9.80 Å². The van der Waals surface area contributed by atoms with Gasteiger partial charge in [0, 0.05) is 22.2 Å². The van der Waals surface area contributed by atoms with E-state index in [9.17, 15) is 5.11 Å². The number of likely N-dealkylation sites (tertiary alicyclic amines) is 2. The van der Waals surface area contributed by atoms with Crippen LogP contribution in [0.5, 0.6) is 17.2 Å². The highest BCUT2D eigenvalue weighted by molar-refractivity contribution is 7.22. The summed E-state index contributed by atoms with van der Waals surface area (Å²) in [6.07, 6.45) is 11.4. The van der Waals surface area contributed by atoms with Crippen molar-refractivity contribution in [3.05, 3.63) is 77.9 Å². The van der Waals surface area contributed by atoms with E-state index in [-0.39, 0.29) is 0 Å². The predicted molar refractivity (Wildman–Crippen MR) is 177 cm³/mol. The zero-order valence-corrected chi connectivity index (χ0v) is 26.0. The molecule has 3 heterocycles. The fourth-order valence-corrected chi connectivity index (χ4v) is 8.58. The molecule has 3 aliphatic rings. The van der Waals surface area contributed by atoms with E-state index in [1.54, 1.807) is 17.4 Å². The lowest BCUT2D eigenvalue weighted by molar-refractivity contribution is 0.0485. The van der Waals surface area contributed by atoms with E-state index in [1.165, 1.54) is 98.1 Å². The Morgan fingerprint density at radius 2 is 1.49 bits per heavy atom. The molecule has 2 saturated heterocycles. The Bertz CT molecular complexity index is 1490. The number of hydrogen-bond acceptors (Lipinski definition) is 6. The van der Waals surface area contributed by atoms with Gasteiger partial charge in [-0.15, -0.1) is 11.3 Å². The number of hydrogen-bond donors (Lipinski definition) is 1. The molecule has 1 aliphatic carbocycles. The van der Waals surface area contributed by atoms with Gasteiger partial charge in [-0.25, -0.2) is 0 Å². The van der Waals surface area contributed by atoms with Gasteiger partial charge in [-0.2, -0.15) is 0 Å². The molecule has 0 spiro atoms. The third kappa shape index (κ3) is 6.72. The van der Waals surface area contributed by atoms with E-state index in [2.05, 4.69) is 64.4 Å². The third-order valence-electron chi connectivity index (χ3n) is 9.64. The highest BCUT2D eigenvalue weighted by Crippen LogP contribution is 2.41. The van der Waals surface area contributed by atoms with Gasteiger partial charge in [0.05, 0.1) is 0 Å². The maximum absolute atomic E-state index is 10.2. The van der Waals surface area contributed by atoms with Crippen LogP contribution < -0.4 is 9.47 Å². The minimum absolute atomic E-state index is 0.296. The molecule has 0 radical (unpaired) electrons. The molecule has 3 aromatic carbocycles. The first kappa shape index (κ1) is 28.7. The molecule has 3 fully saturated rings. The van der Waals surface area contributed by atoms with Crippen LogP contribution in [0.25, 0.3) is 20.5 Å². The van der Waals surface area contributed by atoms with Crippen LogP contribution in [0.3, 0.4) is 0 Å². The topological polar surface area (TPSA) is 45.2 Å². The zero-order valence-electron chi connectivity index (χ0n) is 25.2. The lowest BCUT2D eigenvalue weighted by Gasteiger charge is -2.37. The van der Waals surface area contributed by atoms with Gasteiger partial charge in [0.15, 0.2) is 0 Å². The molecule has 2 aliphatic heterocycles. The van der Waals surface area contributed by atoms with Crippen molar-refractivity contribution in [2.75, 3.05) is 39.3 Å². The second kappa shape index (κ2) is 13.3. The quantitative estimate of drug-likeness (QED) is 0.200. The molecule has 5 nitrogen and oxygen atoms in total. The Balaban J connectivity index is 1.07.